The minimum absolute atomic E-state index is 0.0186. The lowest BCUT2D eigenvalue weighted by Crippen LogP contribution is -2.50. The van der Waals surface area contributed by atoms with Crippen LogP contribution in [0.25, 0.3) is 0 Å². The second kappa shape index (κ2) is 6.19. The minimum atomic E-state index is -0.0186. The molecule has 0 radical (unpaired) electrons. The number of hydrogen-bond donors (Lipinski definition) is 1. The first kappa shape index (κ1) is 13.4. The van der Waals surface area contributed by atoms with Crippen molar-refractivity contribution < 1.29 is 5.11 Å². The lowest BCUT2D eigenvalue weighted by molar-refractivity contribution is 0.00935. The first-order valence-corrected chi connectivity index (χ1v) is 7.71. The van der Waals surface area contributed by atoms with E-state index in [0.29, 0.717) is 12.0 Å². The van der Waals surface area contributed by atoms with Crippen LogP contribution in [0.1, 0.15) is 65.2 Å². The monoisotopic (exact) mass is 239 g/mol. The second-order valence-electron chi connectivity index (χ2n) is 5.93. The van der Waals surface area contributed by atoms with Gasteiger partial charge in [0.15, 0.2) is 0 Å². The molecular formula is C15H29NO. The summed E-state index contributed by atoms with van der Waals surface area (Å²) < 4.78 is 0. The maximum Gasteiger partial charge on any atom is 0.0583 e. The number of nitrogens with zero attached hydrogens (tertiary/aromatic N) is 1. The summed E-state index contributed by atoms with van der Waals surface area (Å²) in [5.74, 6) is 0.566. The Morgan fingerprint density at radius 3 is 2.41 bits per heavy atom. The predicted molar refractivity (Wildman–Crippen MR) is 72.1 cm³/mol. The molecule has 1 heterocycles. The predicted octanol–water partition coefficient (Wildman–Crippen LogP) is 3.19. The Hall–Kier alpha value is -0.0800. The molecule has 0 aromatic rings. The van der Waals surface area contributed by atoms with Crippen LogP contribution >= 0.6 is 0 Å². The van der Waals surface area contributed by atoms with Gasteiger partial charge in [-0.25, -0.2) is 0 Å². The van der Waals surface area contributed by atoms with Gasteiger partial charge in [0.25, 0.3) is 0 Å². The van der Waals surface area contributed by atoms with E-state index in [2.05, 4.69) is 18.7 Å². The second-order valence-corrected chi connectivity index (χ2v) is 5.93. The van der Waals surface area contributed by atoms with Crippen LogP contribution in [-0.4, -0.2) is 34.7 Å². The molecule has 1 aliphatic carbocycles. The van der Waals surface area contributed by atoms with Crippen molar-refractivity contribution in [2.45, 2.75) is 83.4 Å². The Balaban J connectivity index is 2.05. The summed E-state index contributed by atoms with van der Waals surface area (Å²) in [4.78, 5) is 2.74. The largest absolute Gasteiger partial charge is 0.393 e. The van der Waals surface area contributed by atoms with Gasteiger partial charge in [0.05, 0.1) is 6.10 Å². The summed E-state index contributed by atoms with van der Waals surface area (Å²) >= 11 is 0. The molecule has 17 heavy (non-hydrogen) atoms. The number of likely N-dealkylation sites (tertiary alicyclic amines) is 1. The molecule has 2 nitrogen and oxygen atoms in total. The van der Waals surface area contributed by atoms with Crippen molar-refractivity contribution in [1.82, 2.24) is 4.90 Å². The molecule has 0 amide bonds. The van der Waals surface area contributed by atoms with E-state index in [9.17, 15) is 5.11 Å². The molecule has 1 saturated heterocycles. The van der Waals surface area contributed by atoms with Crippen molar-refractivity contribution in [3.8, 4) is 0 Å². The third kappa shape index (κ3) is 2.85. The molecule has 0 aromatic carbocycles. The number of hydrogen-bond acceptors (Lipinski definition) is 2. The van der Waals surface area contributed by atoms with E-state index in [1.54, 1.807) is 0 Å². The molecule has 1 saturated carbocycles. The zero-order valence-corrected chi connectivity index (χ0v) is 11.6. The summed E-state index contributed by atoms with van der Waals surface area (Å²) in [6.45, 7) is 5.88. The topological polar surface area (TPSA) is 23.5 Å². The molecule has 3 unspecified atom stereocenters. The van der Waals surface area contributed by atoms with Crippen LogP contribution in [0.2, 0.25) is 0 Å². The van der Waals surface area contributed by atoms with Gasteiger partial charge < -0.3 is 5.11 Å². The van der Waals surface area contributed by atoms with Crippen molar-refractivity contribution in [1.29, 1.82) is 0 Å². The van der Waals surface area contributed by atoms with E-state index in [-0.39, 0.29) is 6.10 Å². The number of rotatable bonds is 4. The highest BCUT2D eigenvalue weighted by molar-refractivity contribution is 4.92. The van der Waals surface area contributed by atoms with Gasteiger partial charge in [-0.2, -0.15) is 0 Å². The van der Waals surface area contributed by atoms with Crippen molar-refractivity contribution in [2.75, 3.05) is 6.54 Å². The third-order valence-corrected chi connectivity index (χ3v) is 5.03. The molecule has 1 aliphatic heterocycles. The normalized spacial score (nSPS) is 35.6. The molecule has 2 rings (SSSR count). The van der Waals surface area contributed by atoms with Gasteiger partial charge in [-0.05, 0) is 45.1 Å². The van der Waals surface area contributed by atoms with E-state index < -0.39 is 0 Å². The highest BCUT2D eigenvalue weighted by Crippen LogP contribution is 2.36. The van der Waals surface area contributed by atoms with Crippen molar-refractivity contribution >= 4 is 0 Å². The van der Waals surface area contributed by atoms with Crippen LogP contribution in [0, 0.1) is 5.92 Å². The van der Waals surface area contributed by atoms with Crippen molar-refractivity contribution in [3.05, 3.63) is 0 Å². The van der Waals surface area contributed by atoms with Crippen LogP contribution < -0.4 is 0 Å². The zero-order chi connectivity index (χ0) is 12.3. The van der Waals surface area contributed by atoms with Gasteiger partial charge in [-0.1, -0.05) is 26.7 Å². The van der Waals surface area contributed by atoms with Gasteiger partial charge in [-0.15, -0.1) is 0 Å². The lowest BCUT2D eigenvalue weighted by Gasteiger charge is -2.44. The first-order chi connectivity index (χ1) is 8.27. The average Bonchev–Trinajstić information content (AvgIpc) is 2.78. The summed E-state index contributed by atoms with van der Waals surface area (Å²) in [5.41, 5.74) is 0. The molecule has 3 atom stereocenters. The van der Waals surface area contributed by atoms with Crippen molar-refractivity contribution in [2.24, 2.45) is 5.92 Å². The smallest absolute Gasteiger partial charge is 0.0583 e. The van der Waals surface area contributed by atoms with Crippen LogP contribution in [0.4, 0.5) is 0 Å². The van der Waals surface area contributed by atoms with E-state index >= 15 is 0 Å². The molecule has 0 aromatic heterocycles. The quantitative estimate of drug-likeness (QED) is 0.814. The van der Waals surface area contributed by atoms with Crippen LogP contribution in [0.5, 0.6) is 0 Å². The summed E-state index contributed by atoms with van der Waals surface area (Å²) in [6, 6.07) is 1.42. The first-order valence-electron chi connectivity index (χ1n) is 7.71. The van der Waals surface area contributed by atoms with E-state index in [1.807, 2.05) is 0 Å². The van der Waals surface area contributed by atoms with Crippen LogP contribution in [0.3, 0.4) is 0 Å². The van der Waals surface area contributed by atoms with Gasteiger partial charge in [0, 0.05) is 18.0 Å². The van der Waals surface area contributed by atoms with E-state index in [4.69, 9.17) is 0 Å². The molecule has 1 N–H and O–H groups in total. The fraction of sp³-hybridized carbons (Fsp3) is 1.00. The fourth-order valence-electron chi connectivity index (χ4n) is 4.07. The van der Waals surface area contributed by atoms with Crippen LogP contribution in [-0.2, 0) is 0 Å². The Bertz CT molecular complexity index is 227. The third-order valence-electron chi connectivity index (χ3n) is 5.03. The number of piperidine rings is 1. The lowest BCUT2D eigenvalue weighted by atomic mass is 9.86. The summed E-state index contributed by atoms with van der Waals surface area (Å²) in [7, 11) is 0. The molecule has 2 heteroatoms. The number of aliphatic hydroxyl groups excluding tert-OH is 1. The standard InChI is InChI=1S/C15H29NO/c1-3-12(4-2)16-11-6-5-9-14(16)13-8-7-10-15(13)17/h12-15,17H,3-11H2,1-2H3. The SMILES string of the molecule is CCC(CC)N1CCCCC1C1CCCC1O. The maximum absolute atomic E-state index is 10.2. The highest BCUT2D eigenvalue weighted by Gasteiger charge is 2.38. The summed E-state index contributed by atoms with van der Waals surface area (Å²) in [6.07, 6.45) is 10.1. The Morgan fingerprint density at radius 1 is 1.06 bits per heavy atom. The van der Waals surface area contributed by atoms with Gasteiger partial charge >= 0.3 is 0 Å². The molecular weight excluding hydrogens is 210 g/mol. The average molecular weight is 239 g/mol. The molecule has 100 valence electrons. The van der Waals surface area contributed by atoms with Gasteiger partial charge in [-0.3, -0.25) is 4.90 Å². The van der Waals surface area contributed by atoms with Gasteiger partial charge in [0.2, 0.25) is 0 Å². The fourth-order valence-corrected chi connectivity index (χ4v) is 4.07. The molecule has 0 spiro atoms. The number of aliphatic hydroxyl groups is 1. The Kier molecular flexibility index (Phi) is 4.87. The molecule has 2 fully saturated rings. The Labute approximate surface area is 106 Å². The Morgan fingerprint density at radius 2 is 1.82 bits per heavy atom. The summed E-state index contributed by atoms with van der Waals surface area (Å²) in [5, 5.41) is 10.2. The van der Waals surface area contributed by atoms with E-state index in [1.165, 1.54) is 51.5 Å². The zero-order valence-electron chi connectivity index (χ0n) is 11.6. The molecule has 0 bridgehead atoms. The van der Waals surface area contributed by atoms with Gasteiger partial charge in [0.1, 0.15) is 0 Å². The van der Waals surface area contributed by atoms with Crippen LogP contribution in [0.15, 0.2) is 0 Å². The maximum atomic E-state index is 10.2. The molecule has 2 aliphatic rings. The van der Waals surface area contributed by atoms with E-state index in [0.717, 1.165) is 12.5 Å². The highest BCUT2D eigenvalue weighted by atomic mass is 16.3. The van der Waals surface area contributed by atoms with Crippen molar-refractivity contribution in [3.63, 3.8) is 0 Å². The minimum Gasteiger partial charge on any atom is -0.393 e.